The van der Waals surface area contributed by atoms with E-state index in [1.54, 1.807) is 0 Å². The first-order chi connectivity index (χ1) is 8.76. The van der Waals surface area contributed by atoms with Crippen LogP contribution in [-0.2, 0) is 0 Å². The second-order valence-corrected chi connectivity index (χ2v) is 4.24. The van der Waals surface area contributed by atoms with Crippen molar-refractivity contribution < 1.29 is 22.7 Å². The number of hydrogen-bond donors (Lipinski definition) is 1. The first-order valence-electron chi connectivity index (χ1n) is 5.68. The first kappa shape index (κ1) is 15.5. The normalized spacial score (nSPS) is 11.9. The number of alkyl halides is 3. The maximum Gasteiger partial charge on any atom is 0.401 e. The molecule has 1 aromatic heterocycles. The number of methoxy groups -OCH3 is 1. The summed E-state index contributed by atoms with van der Waals surface area (Å²) in [7, 11) is 1.38. The summed E-state index contributed by atoms with van der Waals surface area (Å²) in [6.07, 6.45) is -2.97. The van der Waals surface area contributed by atoms with Crippen molar-refractivity contribution in [2.75, 3.05) is 20.2 Å². The molecule has 0 fully saturated rings. The zero-order valence-electron chi connectivity index (χ0n) is 10.9. The molecule has 0 bridgehead atoms. The SMILES string of the molecule is COc1cnn(C(C)C)c1C(=O)CNCC(F)(F)F. The van der Waals surface area contributed by atoms with Gasteiger partial charge in [-0.25, -0.2) is 0 Å². The third-order valence-corrected chi connectivity index (χ3v) is 2.35. The van der Waals surface area contributed by atoms with Crippen molar-refractivity contribution in [3.8, 4) is 5.75 Å². The Morgan fingerprint density at radius 1 is 1.53 bits per heavy atom. The number of hydrogen-bond acceptors (Lipinski definition) is 4. The zero-order chi connectivity index (χ0) is 14.6. The smallest absolute Gasteiger partial charge is 0.401 e. The fraction of sp³-hybridized carbons (Fsp3) is 0.636. The second kappa shape index (κ2) is 6.05. The quantitative estimate of drug-likeness (QED) is 0.807. The Kier molecular flexibility index (Phi) is 4.93. The van der Waals surface area contributed by atoms with Gasteiger partial charge in [-0.15, -0.1) is 0 Å². The number of halogens is 3. The molecule has 0 amide bonds. The Balaban J connectivity index is 2.78. The molecule has 1 heterocycles. The average molecular weight is 279 g/mol. The van der Waals surface area contributed by atoms with Crippen LogP contribution in [0, 0.1) is 0 Å². The number of ether oxygens (including phenoxy) is 1. The molecule has 0 aliphatic carbocycles. The highest BCUT2D eigenvalue weighted by Gasteiger charge is 2.27. The van der Waals surface area contributed by atoms with Crippen molar-refractivity contribution in [3.05, 3.63) is 11.9 Å². The molecule has 0 saturated carbocycles. The largest absolute Gasteiger partial charge is 0.493 e. The summed E-state index contributed by atoms with van der Waals surface area (Å²) in [5.74, 6) is -0.236. The average Bonchev–Trinajstić information content (AvgIpc) is 2.70. The number of aromatic nitrogens is 2. The lowest BCUT2D eigenvalue weighted by molar-refractivity contribution is -0.124. The highest BCUT2D eigenvalue weighted by atomic mass is 19.4. The Bertz CT molecular complexity index is 441. The van der Waals surface area contributed by atoms with Crippen molar-refractivity contribution in [1.82, 2.24) is 15.1 Å². The molecule has 0 aromatic carbocycles. The molecule has 0 atom stereocenters. The molecule has 1 aromatic rings. The van der Waals surface area contributed by atoms with E-state index < -0.39 is 25.0 Å². The van der Waals surface area contributed by atoms with Crippen LogP contribution in [0.15, 0.2) is 6.20 Å². The van der Waals surface area contributed by atoms with Crippen LogP contribution in [0.5, 0.6) is 5.75 Å². The van der Waals surface area contributed by atoms with Gasteiger partial charge in [0, 0.05) is 6.04 Å². The number of ketones is 1. The van der Waals surface area contributed by atoms with Crippen LogP contribution >= 0.6 is 0 Å². The Labute approximate surface area is 108 Å². The molecule has 0 radical (unpaired) electrons. The number of carbonyl (C=O) groups excluding carboxylic acids is 1. The van der Waals surface area contributed by atoms with Gasteiger partial charge in [0.05, 0.1) is 26.4 Å². The number of rotatable bonds is 6. The van der Waals surface area contributed by atoms with Gasteiger partial charge in [-0.2, -0.15) is 18.3 Å². The molecule has 8 heteroatoms. The number of Topliss-reactive ketones (excluding diaryl/α,β-unsaturated/α-hetero) is 1. The van der Waals surface area contributed by atoms with Gasteiger partial charge < -0.3 is 10.1 Å². The van der Waals surface area contributed by atoms with Crippen molar-refractivity contribution in [2.45, 2.75) is 26.1 Å². The van der Waals surface area contributed by atoms with Crippen LogP contribution in [0.25, 0.3) is 0 Å². The Morgan fingerprint density at radius 3 is 2.63 bits per heavy atom. The molecule has 0 aliphatic heterocycles. The molecule has 108 valence electrons. The lowest BCUT2D eigenvalue weighted by atomic mass is 10.2. The fourth-order valence-corrected chi connectivity index (χ4v) is 1.55. The number of carbonyl (C=O) groups is 1. The van der Waals surface area contributed by atoms with Crippen LogP contribution in [0.4, 0.5) is 13.2 Å². The van der Waals surface area contributed by atoms with Gasteiger partial charge in [0.15, 0.2) is 11.5 Å². The fourth-order valence-electron chi connectivity index (χ4n) is 1.55. The molecule has 0 aliphatic rings. The Hall–Kier alpha value is -1.57. The zero-order valence-corrected chi connectivity index (χ0v) is 10.9. The van der Waals surface area contributed by atoms with Crippen molar-refractivity contribution >= 4 is 5.78 Å². The van der Waals surface area contributed by atoms with Gasteiger partial charge in [0.2, 0.25) is 0 Å². The summed E-state index contributed by atoms with van der Waals surface area (Å²) < 4.78 is 42.4. The lowest BCUT2D eigenvalue weighted by Gasteiger charge is -2.12. The highest BCUT2D eigenvalue weighted by Crippen LogP contribution is 2.21. The molecule has 0 saturated heterocycles. The van der Waals surface area contributed by atoms with E-state index in [2.05, 4.69) is 10.4 Å². The van der Waals surface area contributed by atoms with E-state index in [0.29, 0.717) is 0 Å². The molecule has 5 nitrogen and oxygen atoms in total. The molecule has 1 N–H and O–H groups in total. The summed E-state index contributed by atoms with van der Waals surface area (Å²) >= 11 is 0. The minimum atomic E-state index is -4.34. The third-order valence-electron chi connectivity index (χ3n) is 2.35. The van der Waals surface area contributed by atoms with Crippen LogP contribution in [0.1, 0.15) is 30.4 Å². The van der Waals surface area contributed by atoms with Crippen molar-refractivity contribution in [1.29, 1.82) is 0 Å². The second-order valence-electron chi connectivity index (χ2n) is 4.24. The van der Waals surface area contributed by atoms with Crippen molar-refractivity contribution in [2.24, 2.45) is 0 Å². The monoisotopic (exact) mass is 279 g/mol. The number of nitrogens with zero attached hydrogens (tertiary/aromatic N) is 2. The van der Waals surface area contributed by atoms with Gasteiger partial charge in [-0.05, 0) is 13.8 Å². The van der Waals surface area contributed by atoms with Crippen LogP contribution < -0.4 is 10.1 Å². The van der Waals surface area contributed by atoms with Crippen molar-refractivity contribution in [3.63, 3.8) is 0 Å². The Morgan fingerprint density at radius 2 is 2.16 bits per heavy atom. The molecule has 0 unspecified atom stereocenters. The topological polar surface area (TPSA) is 56.2 Å². The van der Waals surface area contributed by atoms with E-state index in [1.165, 1.54) is 18.0 Å². The molecular weight excluding hydrogens is 263 g/mol. The van der Waals surface area contributed by atoms with E-state index in [0.717, 1.165) is 0 Å². The maximum absolute atomic E-state index is 12.0. The van der Waals surface area contributed by atoms with E-state index >= 15 is 0 Å². The van der Waals surface area contributed by atoms with Gasteiger partial charge in [-0.1, -0.05) is 0 Å². The predicted octanol–water partition coefficient (Wildman–Crippen LogP) is 1.81. The summed E-state index contributed by atoms with van der Waals surface area (Å²) in [6, 6.07) is -0.0922. The standard InChI is InChI=1S/C11H16F3N3O2/c1-7(2)17-10(9(19-3)5-16-17)8(18)4-15-6-11(12,13)14/h5,7,15H,4,6H2,1-3H3. The van der Waals surface area contributed by atoms with Crippen LogP contribution in [0.2, 0.25) is 0 Å². The van der Waals surface area contributed by atoms with E-state index in [1.807, 2.05) is 13.8 Å². The minimum Gasteiger partial charge on any atom is -0.493 e. The van der Waals surface area contributed by atoms with Gasteiger partial charge in [0.1, 0.15) is 5.69 Å². The summed E-state index contributed by atoms with van der Waals surface area (Å²) in [4.78, 5) is 11.9. The van der Waals surface area contributed by atoms with Gasteiger partial charge in [-0.3, -0.25) is 9.48 Å². The molecule has 0 spiro atoms. The third kappa shape index (κ3) is 4.23. The molecule has 19 heavy (non-hydrogen) atoms. The first-order valence-corrected chi connectivity index (χ1v) is 5.68. The van der Waals surface area contributed by atoms with Gasteiger partial charge in [0.25, 0.3) is 0 Å². The van der Waals surface area contributed by atoms with E-state index in [4.69, 9.17) is 4.74 Å². The predicted molar refractivity (Wildman–Crippen MR) is 62.4 cm³/mol. The lowest BCUT2D eigenvalue weighted by Crippen LogP contribution is -2.33. The summed E-state index contributed by atoms with van der Waals surface area (Å²) in [5.41, 5.74) is 0.173. The minimum absolute atomic E-state index is 0.0922. The highest BCUT2D eigenvalue weighted by molar-refractivity contribution is 5.98. The summed E-state index contributed by atoms with van der Waals surface area (Å²) in [6.45, 7) is 1.99. The van der Waals surface area contributed by atoms with Gasteiger partial charge >= 0.3 is 6.18 Å². The maximum atomic E-state index is 12.0. The molecule has 1 rings (SSSR count). The van der Waals surface area contributed by atoms with E-state index in [9.17, 15) is 18.0 Å². The summed E-state index contributed by atoms with van der Waals surface area (Å²) in [5, 5.41) is 6.04. The molecular formula is C11H16F3N3O2. The number of nitrogens with one attached hydrogen (secondary N) is 1. The van der Waals surface area contributed by atoms with Crippen LogP contribution in [-0.4, -0.2) is 41.9 Å². The van der Waals surface area contributed by atoms with Crippen LogP contribution in [0.3, 0.4) is 0 Å². The van der Waals surface area contributed by atoms with E-state index in [-0.39, 0.29) is 17.5 Å².